The predicted molar refractivity (Wildman–Crippen MR) is 129 cm³/mol. The number of primary amides is 1. The van der Waals surface area contributed by atoms with Crippen molar-refractivity contribution in [3.63, 3.8) is 0 Å². The number of imide groups is 1. The third kappa shape index (κ3) is 4.34. The van der Waals surface area contributed by atoms with Crippen LogP contribution in [-0.2, 0) is 11.3 Å². The SMILES string of the molecule is COc1ccccc1Cn1c(=O)c2ccccc2n2c(SC(C(=O)NC(N)=O)C(C)C)nnc12. The Balaban J connectivity index is 1.89. The molecule has 176 valence electrons. The second-order valence-corrected chi connectivity index (χ2v) is 9.08. The van der Waals surface area contributed by atoms with E-state index < -0.39 is 17.2 Å². The number of ether oxygens (including phenoxy) is 1. The van der Waals surface area contributed by atoms with Gasteiger partial charge in [-0.05, 0) is 24.1 Å². The number of nitrogens with two attached hydrogens (primary N) is 1. The Bertz CT molecular complexity index is 1440. The minimum atomic E-state index is -0.918. The van der Waals surface area contributed by atoms with Gasteiger partial charge < -0.3 is 10.5 Å². The van der Waals surface area contributed by atoms with Crippen molar-refractivity contribution in [3.05, 3.63) is 64.4 Å². The van der Waals surface area contributed by atoms with Crippen molar-refractivity contribution in [2.24, 2.45) is 11.7 Å². The number of thioether (sulfide) groups is 1. The Morgan fingerprint density at radius 2 is 1.82 bits per heavy atom. The molecule has 2 heterocycles. The zero-order valence-electron chi connectivity index (χ0n) is 18.9. The third-order valence-electron chi connectivity index (χ3n) is 5.34. The van der Waals surface area contributed by atoms with Crippen LogP contribution in [0.5, 0.6) is 5.75 Å². The van der Waals surface area contributed by atoms with E-state index in [4.69, 9.17) is 10.5 Å². The summed E-state index contributed by atoms with van der Waals surface area (Å²) in [6, 6.07) is 13.7. The maximum atomic E-state index is 13.4. The highest BCUT2D eigenvalue weighted by molar-refractivity contribution is 8.00. The lowest BCUT2D eigenvalue weighted by atomic mass is 10.1. The number of fused-ring (bicyclic) bond motifs is 3. The summed E-state index contributed by atoms with van der Waals surface area (Å²) in [6.07, 6.45) is 0. The summed E-state index contributed by atoms with van der Waals surface area (Å²) < 4.78 is 8.74. The fourth-order valence-electron chi connectivity index (χ4n) is 3.75. The highest BCUT2D eigenvalue weighted by atomic mass is 32.2. The average molecular weight is 481 g/mol. The van der Waals surface area contributed by atoms with Gasteiger partial charge in [-0.1, -0.05) is 55.9 Å². The Hall–Kier alpha value is -3.86. The van der Waals surface area contributed by atoms with Gasteiger partial charge in [0.15, 0.2) is 5.16 Å². The molecule has 0 spiro atoms. The van der Waals surface area contributed by atoms with E-state index in [1.165, 1.54) is 4.57 Å². The van der Waals surface area contributed by atoms with Crippen LogP contribution in [0.2, 0.25) is 0 Å². The number of carbonyl (C=O) groups excluding carboxylic acids is 2. The molecule has 0 saturated carbocycles. The topological polar surface area (TPSA) is 134 Å². The van der Waals surface area contributed by atoms with Crippen molar-refractivity contribution >= 4 is 40.4 Å². The Morgan fingerprint density at radius 3 is 2.53 bits per heavy atom. The molecule has 0 bridgehead atoms. The van der Waals surface area contributed by atoms with Crippen molar-refractivity contribution in [2.75, 3.05) is 7.11 Å². The Labute approximate surface area is 199 Å². The molecule has 1 atom stereocenters. The molecule has 10 nitrogen and oxygen atoms in total. The summed E-state index contributed by atoms with van der Waals surface area (Å²) in [7, 11) is 1.58. The molecule has 4 rings (SSSR count). The maximum Gasteiger partial charge on any atom is 0.318 e. The van der Waals surface area contributed by atoms with Crippen molar-refractivity contribution in [2.45, 2.75) is 30.8 Å². The van der Waals surface area contributed by atoms with E-state index in [1.54, 1.807) is 29.7 Å². The molecule has 11 heteroatoms. The first-order valence-corrected chi connectivity index (χ1v) is 11.4. The summed E-state index contributed by atoms with van der Waals surface area (Å²) >= 11 is 1.16. The monoisotopic (exact) mass is 480 g/mol. The molecule has 0 radical (unpaired) electrons. The third-order valence-corrected chi connectivity index (χ3v) is 6.83. The lowest BCUT2D eigenvalue weighted by molar-refractivity contribution is -0.120. The summed E-state index contributed by atoms with van der Waals surface area (Å²) in [4.78, 5) is 37.3. The zero-order valence-corrected chi connectivity index (χ0v) is 19.7. The van der Waals surface area contributed by atoms with Crippen LogP contribution in [0.3, 0.4) is 0 Å². The summed E-state index contributed by atoms with van der Waals surface area (Å²) in [5.74, 6) is 0.325. The number of nitrogens with one attached hydrogen (secondary N) is 1. The van der Waals surface area contributed by atoms with Gasteiger partial charge in [0.25, 0.3) is 5.56 Å². The summed E-state index contributed by atoms with van der Waals surface area (Å²) in [5, 5.41) is 11.0. The van der Waals surface area contributed by atoms with Crippen LogP contribution < -0.4 is 21.3 Å². The number of methoxy groups -OCH3 is 1. The van der Waals surface area contributed by atoms with Crippen LogP contribution >= 0.6 is 11.8 Å². The highest BCUT2D eigenvalue weighted by Gasteiger charge is 2.28. The molecule has 0 saturated heterocycles. The van der Waals surface area contributed by atoms with Gasteiger partial charge in [-0.3, -0.25) is 23.9 Å². The Morgan fingerprint density at radius 1 is 1.12 bits per heavy atom. The molecule has 0 aliphatic heterocycles. The van der Waals surface area contributed by atoms with Gasteiger partial charge in [0.05, 0.1) is 29.8 Å². The van der Waals surface area contributed by atoms with Gasteiger partial charge >= 0.3 is 6.03 Å². The lowest BCUT2D eigenvalue weighted by Crippen LogP contribution is -2.42. The quantitative estimate of drug-likeness (QED) is 0.388. The minimum absolute atomic E-state index is 0.137. The number of nitrogens with zero attached hydrogens (tertiary/aromatic N) is 4. The number of aromatic nitrogens is 4. The first kappa shape index (κ1) is 23.3. The van der Waals surface area contributed by atoms with Crippen molar-refractivity contribution in [3.8, 4) is 5.75 Å². The van der Waals surface area contributed by atoms with Crippen molar-refractivity contribution < 1.29 is 14.3 Å². The summed E-state index contributed by atoms with van der Waals surface area (Å²) in [5.41, 5.74) is 6.35. The molecule has 3 N–H and O–H groups in total. The fraction of sp³-hybridized carbons (Fsp3) is 0.261. The molecular weight excluding hydrogens is 456 g/mol. The van der Waals surface area contributed by atoms with Gasteiger partial charge in [-0.2, -0.15) is 0 Å². The second kappa shape index (κ2) is 9.56. The van der Waals surface area contributed by atoms with Crippen LogP contribution in [0, 0.1) is 5.92 Å². The molecule has 2 aromatic carbocycles. The van der Waals surface area contributed by atoms with Crippen LogP contribution in [0.25, 0.3) is 16.7 Å². The number of para-hydroxylation sites is 2. The smallest absolute Gasteiger partial charge is 0.318 e. The zero-order chi connectivity index (χ0) is 24.4. The van der Waals surface area contributed by atoms with E-state index in [-0.39, 0.29) is 18.0 Å². The molecule has 2 aromatic heterocycles. The Kier molecular flexibility index (Phi) is 6.55. The number of benzene rings is 2. The van der Waals surface area contributed by atoms with Crippen LogP contribution in [-0.4, -0.2) is 43.5 Å². The highest BCUT2D eigenvalue weighted by Crippen LogP contribution is 2.29. The maximum absolute atomic E-state index is 13.4. The van der Waals surface area contributed by atoms with Gasteiger partial charge in [0.2, 0.25) is 11.7 Å². The molecule has 34 heavy (non-hydrogen) atoms. The molecule has 0 aliphatic rings. The summed E-state index contributed by atoms with van der Waals surface area (Å²) in [6.45, 7) is 3.93. The molecule has 4 aromatic rings. The van der Waals surface area contributed by atoms with Crippen LogP contribution in [0.15, 0.2) is 58.5 Å². The minimum Gasteiger partial charge on any atom is -0.496 e. The number of urea groups is 1. The standard InChI is InChI=1S/C23H24N6O4S/c1-13(2)18(19(30)25-21(24)32)34-23-27-26-22-28(12-14-8-4-7-11-17(14)33-3)20(31)15-9-5-6-10-16(15)29(22)23/h4-11,13,18H,12H2,1-3H3,(H3,24,25,30,32). The van der Waals surface area contributed by atoms with Crippen LogP contribution in [0.4, 0.5) is 4.79 Å². The molecule has 0 aliphatic carbocycles. The normalized spacial score (nSPS) is 12.2. The first-order valence-electron chi connectivity index (χ1n) is 10.6. The van der Waals surface area contributed by atoms with E-state index in [1.807, 2.05) is 44.2 Å². The number of rotatable bonds is 7. The largest absolute Gasteiger partial charge is 0.496 e. The van der Waals surface area contributed by atoms with E-state index in [0.717, 1.165) is 17.3 Å². The fourth-order valence-corrected chi connectivity index (χ4v) is 4.79. The van der Waals surface area contributed by atoms with E-state index >= 15 is 0 Å². The molecule has 1 unspecified atom stereocenters. The van der Waals surface area contributed by atoms with Crippen molar-refractivity contribution in [1.82, 2.24) is 24.5 Å². The molecular formula is C23H24N6O4S. The van der Waals surface area contributed by atoms with E-state index in [2.05, 4.69) is 15.5 Å². The van der Waals surface area contributed by atoms with Crippen molar-refractivity contribution in [1.29, 1.82) is 0 Å². The lowest BCUT2D eigenvalue weighted by Gasteiger charge is -2.18. The van der Waals surface area contributed by atoms with Gasteiger partial charge in [0.1, 0.15) is 5.75 Å². The molecule has 0 fully saturated rings. The number of hydrogen-bond acceptors (Lipinski definition) is 7. The van der Waals surface area contributed by atoms with Gasteiger partial charge in [-0.25, -0.2) is 4.79 Å². The second-order valence-electron chi connectivity index (χ2n) is 7.97. The van der Waals surface area contributed by atoms with Crippen LogP contribution in [0.1, 0.15) is 19.4 Å². The number of hydrogen-bond donors (Lipinski definition) is 2. The number of carbonyl (C=O) groups is 2. The predicted octanol–water partition coefficient (Wildman–Crippen LogP) is 2.41. The molecule has 3 amide bonds. The van der Waals surface area contributed by atoms with E-state index in [0.29, 0.717) is 27.6 Å². The van der Waals surface area contributed by atoms with Gasteiger partial charge in [0, 0.05) is 5.56 Å². The average Bonchev–Trinajstić information content (AvgIpc) is 3.23. The van der Waals surface area contributed by atoms with Gasteiger partial charge in [-0.15, -0.1) is 10.2 Å². The number of amides is 3. The first-order chi connectivity index (χ1) is 16.3. The van der Waals surface area contributed by atoms with E-state index in [9.17, 15) is 14.4 Å².